The van der Waals surface area contributed by atoms with E-state index in [1.54, 1.807) is 13.3 Å². The summed E-state index contributed by atoms with van der Waals surface area (Å²) in [5, 5.41) is 1.05. The Labute approximate surface area is 95.2 Å². The molecule has 0 bridgehead atoms. The highest BCUT2D eigenvalue weighted by Crippen LogP contribution is 2.34. The van der Waals surface area contributed by atoms with Gasteiger partial charge in [0.2, 0.25) is 0 Å². The fourth-order valence-electron chi connectivity index (χ4n) is 1.93. The smallest absolute Gasteiger partial charge is 0.0898 e. The fourth-order valence-corrected chi connectivity index (χ4v) is 1.93. The maximum Gasteiger partial charge on any atom is 0.0898 e. The van der Waals surface area contributed by atoms with Gasteiger partial charge in [-0.2, -0.15) is 0 Å². The zero-order valence-electron chi connectivity index (χ0n) is 9.82. The van der Waals surface area contributed by atoms with E-state index in [1.165, 1.54) is 0 Å². The Balaban J connectivity index is 2.81. The summed E-state index contributed by atoms with van der Waals surface area (Å²) in [6, 6.07) is 7.95. The number of para-hydroxylation sites is 1. The standard InChI is InChI=1S/C13H16N2O/c1-13(2,16-3)12-9-6-4-5-7-11(9)15-8-10(12)14/h4-8H,14H2,1-3H3. The van der Waals surface area contributed by atoms with Crippen LogP contribution in [-0.4, -0.2) is 12.1 Å². The summed E-state index contributed by atoms with van der Waals surface area (Å²) >= 11 is 0. The SMILES string of the molecule is COC(C)(C)c1c(N)cnc2ccccc12. The lowest BCUT2D eigenvalue weighted by Gasteiger charge is -2.26. The second kappa shape index (κ2) is 3.76. The van der Waals surface area contributed by atoms with Crippen LogP contribution in [0.5, 0.6) is 0 Å². The number of ether oxygens (including phenoxy) is 1. The van der Waals surface area contributed by atoms with Crippen molar-refractivity contribution in [2.75, 3.05) is 12.8 Å². The lowest BCUT2D eigenvalue weighted by atomic mass is 9.93. The van der Waals surface area contributed by atoms with Crippen molar-refractivity contribution in [3.63, 3.8) is 0 Å². The molecule has 3 heteroatoms. The third kappa shape index (κ3) is 1.63. The number of nitrogens with two attached hydrogens (primary N) is 1. The molecule has 0 amide bonds. The highest BCUT2D eigenvalue weighted by atomic mass is 16.5. The maximum absolute atomic E-state index is 6.01. The van der Waals surface area contributed by atoms with Crippen LogP contribution in [-0.2, 0) is 10.3 Å². The summed E-state index contributed by atoms with van der Waals surface area (Å²) in [6.07, 6.45) is 1.69. The average Bonchev–Trinajstić information content (AvgIpc) is 2.28. The molecule has 0 aliphatic rings. The van der Waals surface area contributed by atoms with E-state index in [9.17, 15) is 0 Å². The van der Waals surface area contributed by atoms with Crippen LogP contribution >= 0.6 is 0 Å². The number of hydrogen-bond donors (Lipinski definition) is 1. The lowest BCUT2D eigenvalue weighted by molar-refractivity contribution is 0.0211. The van der Waals surface area contributed by atoms with Crippen molar-refractivity contribution >= 4 is 16.6 Å². The molecule has 0 radical (unpaired) electrons. The molecule has 84 valence electrons. The lowest BCUT2D eigenvalue weighted by Crippen LogP contribution is -2.21. The van der Waals surface area contributed by atoms with Crippen LogP contribution < -0.4 is 5.73 Å². The van der Waals surface area contributed by atoms with Crippen LogP contribution in [0, 0.1) is 0 Å². The summed E-state index contributed by atoms with van der Waals surface area (Å²) < 4.78 is 5.50. The summed E-state index contributed by atoms with van der Waals surface area (Å²) in [5.41, 5.74) is 8.21. The number of rotatable bonds is 2. The van der Waals surface area contributed by atoms with Crippen molar-refractivity contribution in [2.24, 2.45) is 0 Å². The van der Waals surface area contributed by atoms with Gasteiger partial charge in [0.05, 0.1) is 23.0 Å². The topological polar surface area (TPSA) is 48.1 Å². The Hall–Kier alpha value is -1.61. The number of pyridine rings is 1. The summed E-state index contributed by atoms with van der Waals surface area (Å²) in [5.74, 6) is 0. The number of benzene rings is 1. The van der Waals surface area contributed by atoms with Crippen LogP contribution in [0.25, 0.3) is 10.9 Å². The van der Waals surface area contributed by atoms with E-state index < -0.39 is 5.60 Å². The highest BCUT2D eigenvalue weighted by Gasteiger charge is 2.24. The van der Waals surface area contributed by atoms with E-state index in [0.717, 1.165) is 16.5 Å². The molecule has 0 atom stereocenters. The fraction of sp³-hybridized carbons (Fsp3) is 0.308. The predicted octanol–water partition coefficient (Wildman–Crippen LogP) is 2.70. The number of nitrogens with zero attached hydrogens (tertiary/aromatic N) is 1. The van der Waals surface area contributed by atoms with Gasteiger partial charge in [-0.3, -0.25) is 4.98 Å². The van der Waals surface area contributed by atoms with Crippen LogP contribution in [0.4, 0.5) is 5.69 Å². The second-order valence-electron chi connectivity index (χ2n) is 4.32. The van der Waals surface area contributed by atoms with Gasteiger partial charge in [-0.15, -0.1) is 0 Å². The quantitative estimate of drug-likeness (QED) is 0.839. The molecule has 2 rings (SSSR count). The van der Waals surface area contributed by atoms with E-state index in [-0.39, 0.29) is 0 Å². The van der Waals surface area contributed by atoms with Gasteiger partial charge in [-0.1, -0.05) is 18.2 Å². The third-order valence-corrected chi connectivity index (χ3v) is 2.92. The first-order valence-corrected chi connectivity index (χ1v) is 5.25. The predicted molar refractivity (Wildman–Crippen MR) is 66.2 cm³/mol. The van der Waals surface area contributed by atoms with Gasteiger partial charge in [-0.25, -0.2) is 0 Å². The van der Waals surface area contributed by atoms with Crippen molar-refractivity contribution < 1.29 is 4.74 Å². The number of nitrogen functional groups attached to an aromatic ring is 1. The van der Waals surface area contributed by atoms with E-state index in [4.69, 9.17) is 10.5 Å². The molecule has 0 unspecified atom stereocenters. The molecule has 3 nitrogen and oxygen atoms in total. The zero-order chi connectivity index (χ0) is 11.8. The molecule has 0 fully saturated rings. The van der Waals surface area contributed by atoms with Crippen LogP contribution in [0.1, 0.15) is 19.4 Å². The molecular weight excluding hydrogens is 200 g/mol. The van der Waals surface area contributed by atoms with Crippen molar-refractivity contribution in [3.8, 4) is 0 Å². The van der Waals surface area contributed by atoms with Gasteiger partial charge >= 0.3 is 0 Å². The van der Waals surface area contributed by atoms with Crippen molar-refractivity contribution in [2.45, 2.75) is 19.4 Å². The van der Waals surface area contributed by atoms with E-state index in [0.29, 0.717) is 5.69 Å². The first-order valence-electron chi connectivity index (χ1n) is 5.25. The largest absolute Gasteiger partial charge is 0.397 e. The third-order valence-electron chi connectivity index (χ3n) is 2.92. The first-order chi connectivity index (χ1) is 7.56. The first kappa shape index (κ1) is 10.9. The van der Waals surface area contributed by atoms with Crippen LogP contribution in [0.2, 0.25) is 0 Å². The Morgan fingerprint density at radius 1 is 1.25 bits per heavy atom. The number of methoxy groups -OCH3 is 1. The van der Waals surface area contributed by atoms with Crippen molar-refractivity contribution in [1.82, 2.24) is 4.98 Å². The van der Waals surface area contributed by atoms with E-state index in [2.05, 4.69) is 4.98 Å². The molecule has 0 saturated carbocycles. The molecule has 0 aliphatic carbocycles. The Kier molecular flexibility index (Phi) is 2.56. The van der Waals surface area contributed by atoms with Crippen LogP contribution in [0.3, 0.4) is 0 Å². The highest BCUT2D eigenvalue weighted by molar-refractivity contribution is 5.86. The second-order valence-corrected chi connectivity index (χ2v) is 4.32. The summed E-state index contributed by atoms with van der Waals surface area (Å²) in [7, 11) is 1.69. The molecule has 0 spiro atoms. The van der Waals surface area contributed by atoms with Gasteiger partial charge in [0.25, 0.3) is 0 Å². The molecule has 2 N–H and O–H groups in total. The molecule has 1 aromatic heterocycles. The minimum absolute atomic E-state index is 0.410. The van der Waals surface area contributed by atoms with E-state index >= 15 is 0 Å². The van der Waals surface area contributed by atoms with Crippen molar-refractivity contribution in [3.05, 3.63) is 36.0 Å². The summed E-state index contributed by atoms with van der Waals surface area (Å²) in [4.78, 5) is 4.31. The Bertz CT molecular complexity index is 520. The molecule has 1 heterocycles. The molecule has 0 aliphatic heterocycles. The van der Waals surface area contributed by atoms with Crippen molar-refractivity contribution in [1.29, 1.82) is 0 Å². The molecule has 2 aromatic rings. The van der Waals surface area contributed by atoms with Crippen LogP contribution in [0.15, 0.2) is 30.5 Å². The number of anilines is 1. The van der Waals surface area contributed by atoms with Gasteiger partial charge in [0.1, 0.15) is 0 Å². The Morgan fingerprint density at radius 2 is 1.94 bits per heavy atom. The molecule has 0 saturated heterocycles. The minimum Gasteiger partial charge on any atom is -0.397 e. The minimum atomic E-state index is -0.410. The summed E-state index contributed by atoms with van der Waals surface area (Å²) in [6.45, 7) is 4.01. The normalized spacial score (nSPS) is 11.9. The average molecular weight is 216 g/mol. The van der Waals surface area contributed by atoms with Gasteiger partial charge in [0, 0.05) is 18.1 Å². The number of fused-ring (bicyclic) bond motifs is 1. The molecule has 1 aromatic carbocycles. The number of aromatic nitrogens is 1. The zero-order valence-corrected chi connectivity index (χ0v) is 9.82. The Morgan fingerprint density at radius 3 is 2.62 bits per heavy atom. The van der Waals surface area contributed by atoms with E-state index in [1.807, 2.05) is 38.1 Å². The monoisotopic (exact) mass is 216 g/mol. The van der Waals surface area contributed by atoms with Gasteiger partial charge in [0.15, 0.2) is 0 Å². The van der Waals surface area contributed by atoms with Gasteiger partial charge in [-0.05, 0) is 19.9 Å². The molecule has 16 heavy (non-hydrogen) atoms. The molecular formula is C13H16N2O. The van der Waals surface area contributed by atoms with Gasteiger partial charge < -0.3 is 10.5 Å². The number of hydrogen-bond acceptors (Lipinski definition) is 3. The maximum atomic E-state index is 6.01.